The Morgan fingerprint density at radius 2 is 1.81 bits per heavy atom. The van der Waals surface area contributed by atoms with Crippen molar-refractivity contribution < 1.29 is 19.1 Å². The third kappa shape index (κ3) is 5.32. The van der Waals surface area contributed by atoms with Gasteiger partial charge in [0, 0.05) is 57.7 Å². The van der Waals surface area contributed by atoms with Crippen molar-refractivity contribution in [1.29, 1.82) is 0 Å². The summed E-state index contributed by atoms with van der Waals surface area (Å²) < 4.78 is 10.9. The van der Waals surface area contributed by atoms with Crippen LogP contribution < -0.4 is 14.8 Å². The molecule has 1 N–H and O–H groups in total. The number of piperazine rings is 1. The van der Waals surface area contributed by atoms with E-state index in [1.54, 1.807) is 43.6 Å². The number of methoxy groups -OCH3 is 2. The van der Waals surface area contributed by atoms with Crippen LogP contribution in [-0.2, 0) is 4.79 Å². The first-order valence-electron chi connectivity index (χ1n) is 12.6. The number of likely N-dealkylation sites (N-methyl/N-ethyl adjacent to an activating group) is 2. The Labute approximate surface area is 213 Å². The van der Waals surface area contributed by atoms with Gasteiger partial charge in [0.05, 0.1) is 26.2 Å². The van der Waals surface area contributed by atoms with E-state index in [1.165, 1.54) is 7.11 Å². The highest BCUT2D eigenvalue weighted by Gasteiger charge is 2.43. The van der Waals surface area contributed by atoms with E-state index in [-0.39, 0.29) is 11.8 Å². The van der Waals surface area contributed by atoms with Crippen molar-refractivity contribution in [2.75, 3.05) is 67.1 Å². The number of aromatic nitrogens is 1. The monoisotopic (exact) mass is 495 g/mol. The zero-order chi connectivity index (χ0) is 25.7. The molecule has 0 aliphatic carbocycles. The minimum atomic E-state index is -0.611. The van der Waals surface area contributed by atoms with Crippen LogP contribution in [0, 0.1) is 0 Å². The Kier molecular flexibility index (Phi) is 8.43. The number of pyridine rings is 1. The van der Waals surface area contributed by atoms with Crippen molar-refractivity contribution in [3.63, 3.8) is 0 Å². The fourth-order valence-corrected chi connectivity index (χ4v) is 5.25. The lowest BCUT2D eigenvalue weighted by atomic mass is 9.79. The molecule has 3 heterocycles. The van der Waals surface area contributed by atoms with E-state index >= 15 is 0 Å². The first-order chi connectivity index (χ1) is 17.5. The van der Waals surface area contributed by atoms with Gasteiger partial charge in [-0.3, -0.25) is 14.6 Å². The average Bonchev–Trinajstić information content (AvgIpc) is 2.92. The highest BCUT2D eigenvalue weighted by Crippen LogP contribution is 2.45. The summed E-state index contributed by atoms with van der Waals surface area (Å²) in [6.07, 6.45) is 4.28. The number of carbonyl (C=O) groups excluding carboxylic acids is 2. The maximum Gasteiger partial charge on any atom is 0.254 e. The molecule has 36 heavy (non-hydrogen) atoms. The average molecular weight is 496 g/mol. The Morgan fingerprint density at radius 1 is 1.11 bits per heavy atom. The topological polar surface area (TPSA) is 87.2 Å². The minimum Gasteiger partial charge on any atom is -0.493 e. The van der Waals surface area contributed by atoms with E-state index in [2.05, 4.69) is 27.0 Å². The predicted molar refractivity (Wildman–Crippen MR) is 138 cm³/mol. The van der Waals surface area contributed by atoms with Crippen molar-refractivity contribution in [3.05, 3.63) is 53.3 Å². The third-order valence-electron chi connectivity index (χ3n) is 7.35. The summed E-state index contributed by atoms with van der Waals surface area (Å²) in [5.74, 6) is 0.0464. The summed E-state index contributed by atoms with van der Waals surface area (Å²) in [5.41, 5.74) is 1.89. The van der Waals surface area contributed by atoms with Gasteiger partial charge < -0.3 is 29.5 Å². The smallest absolute Gasteiger partial charge is 0.254 e. The fourth-order valence-electron chi connectivity index (χ4n) is 5.25. The Hall–Kier alpha value is -3.17. The molecule has 0 radical (unpaired) electrons. The molecular formula is C27H37N5O4. The molecule has 0 spiro atoms. The molecule has 2 aliphatic heterocycles. The van der Waals surface area contributed by atoms with Crippen LogP contribution in [0.2, 0.25) is 0 Å². The number of nitrogens with one attached hydrogen (secondary N) is 1. The standard InChI is InChI=1S/C27H37N5O4/c1-5-31-12-14-32(15-13-31)11-7-10-29-26(33)24-20-16-22(35-3)23(36-4)17-21(20)27(34)30(2)25(24)19-8-6-9-28-18-19/h6,8-9,16-18,24-25H,5,7,10-15H2,1-4H3,(H,29,33)/t24-,25-/m0/s1. The molecule has 1 fully saturated rings. The van der Waals surface area contributed by atoms with Gasteiger partial charge in [0.25, 0.3) is 5.91 Å². The molecule has 9 nitrogen and oxygen atoms in total. The summed E-state index contributed by atoms with van der Waals surface area (Å²) in [6, 6.07) is 6.68. The van der Waals surface area contributed by atoms with Gasteiger partial charge in [-0.2, -0.15) is 0 Å². The second-order valence-electron chi connectivity index (χ2n) is 9.34. The zero-order valence-electron chi connectivity index (χ0n) is 21.7. The van der Waals surface area contributed by atoms with Gasteiger partial charge in [0.1, 0.15) is 0 Å². The predicted octanol–water partition coefficient (Wildman–Crippen LogP) is 2.15. The first kappa shape index (κ1) is 25.9. The van der Waals surface area contributed by atoms with Crippen LogP contribution in [0.1, 0.15) is 46.8 Å². The van der Waals surface area contributed by atoms with E-state index in [9.17, 15) is 9.59 Å². The second kappa shape index (κ2) is 11.7. The largest absolute Gasteiger partial charge is 0.493 e. The van der Waals surface area contributed by atoms with Gasteiger partial charge in [0.15, 0.2) is 11.5 Å². The Balaban J connectivity index is 1.55. The van der Waals surface area contributed by atoms with Gasteiger partial charge in [-0.25, -0.2) is 0 Å². The number of hydrogen-bond acceptors (Lipinski definition) is 7. The minimum absolute atomic E-state index is 0.118. The van der Waals surface area contributed by atoms with E-state index in [0.29, 0.717) is 29.2 Å². The SMILES string of the molecule is CCN1CCN(CCCNC(=O)[C@H]2c3cc(OC)c(OC)cc3C(=O)N(C)[C@H]2c2cccnc2)CC1. The van der Waals surface area contributed by atoms with E-state index in [0.717, 1.165) is 51.3 Å². The van der Waals surface area contributed by atoms with Crippen LogP contribution in [0.4, 0.5) is 0 Å². The number of rotatable bonds is 9. The number of ether oxygens (including phenoxy) is 2. The number of amides is 2. The molecule has 0 bridgehead atoms. The number of nitrogens with zero attached hydrogens (tertiary/aromatic N) is 4. The molecular weight excluding hydrogens is 458 g/mol. The van der Waals surface area contributed by atoms with E-state index in [1.807, 2.05) is 12.1 Å². The van der Waals surface area contributed by atoms with Crippen LogP contribution >= 0.6 is 0 Å². The molecule has 194 valence electrons. The Morgan fingerprint density at radius 3 is 2.44 bits per heavy atom. The Bertz CT molecular complexity index is 1060. The van der Waals surface area contributed by atoms with Crippen LogP contribution in [0.3, 0.4) is 0 Å². The zero-order valence-corrected chi connectivity index (χ0v) is 21.7. The van der Waals surface area contributed by atoms with Gasteiger partial charge in [-0.05, 0) is 48.8 Å². The molecule has 1 aromatic heterocycles. The van der Waals surface area contributed by atoms with Crippen molar-refractivity contribution in [3.8, 4) is 11.5 Å². The van der Waals surface area contributed by atoms with E-state index < -0.39 is 12.0 Å². The fraction of sp³-hybridized carbons (Fsp3) is 0.519. The molecule has 9 heteroatoms. The summed E-state index contributed by atoms with van der Waals surface area (Å²) >= 11 is 0. The van der Waals surface area contributed by atoms with Crippen molar-refractivity contribution >= 4 is 11.8 Å². The molecule has 0 saturated carbocycles. The number of benzene rings is 1. The summed E-state index contributed by atoms with van der Waals surface area (Å²) in [6.45, 7) is 9.14. The number of hydrogen-bond donors (Lipinski definition) is 1. The van der Waals surface area contributed by atoms with Gasteiger partial charge in [0.2, 0.25) is 5.91 Å². The van der Waals surface area contributed by atoms with E-state index in [4.69, 9.17) is 9.47 Å². The first-order valence-corrected chi connectivity index (χ1v) is 12.6. The molecule has 1 aromatic carbocycles. The molecule has 2 aliphatic rings. The van der Waals surface area contributed by atoms with Gasteiger partial charge >= 0.3 is 0 Å². The van der Waals surface area contributed by atoms with Crippen molar-refractivity contribution in [1.82, 2.24) is 25.0 Å². The highest BCUT2D eigenvalue weighted by molar-refractivity contribution is 6.02. The molecule has 4 rings (SSSR count). The summed E-state index contributed by atoms with van der Waals surface area (Å²) in [5, 5.41) is 3.15. The quantitative estimate of drug-likeness (QED) is 0.534. The maximum absolute atomic E-state index is 13.7. The summed E-state index contributed by atoms with van der Waals surface area (Å²) in [7, 11) is 4.82. The number of carbonyl (C=O) groups is 2. The van der Waals surface area contributed by atoms with Crippen LogP contribution in [-0.4, -0.2) is 98.6 Å². The van der Waals surface area contributed by atoms with Crippen LogP contribution in [0.25, 0.3) is 0 Å². The third-order valence-corrected chi connectivity index (χ3v) is 7.35. The lowest BCUT2D eigenvalue weighted by Crippen LogP contribution is -2.47. The van der Waals surface area contributed by atoms with Crippen LogP contribution in [0.15, 0.2) is 36.7 Å². The van der Waals surface area contributed by atoms with Crippen molar-refractivity contribution in [2.45, 2.75) is 25.3 Å². The second-order valence-corrected chi connectivity index (χ2v) is 9.34. The van der Waals surface area contributed by atoms with Gasteiger partial charge in [-0.15, -0.1) is 0 Å². The lowest BCUT2D eigenvalue weighted by Gasteiger charge is -2.40. The summed E-state index contributed by atoms with van der Waals surface area (Å²) in [4.78, 5) is 37.9. The normalized spacial score (nSPS) is 20.7. The molecule has 2 atom stereocenters. The maximum atomic E-state index is 13.7. The van der Waals surface area contributed by atoms with Gasteiger partial charge in [-0.1, -0.05) is 13.0 Å². The lowest BCUT2D eigenvalue weighted by molar-refractivity contribution is -0.124. The molecule has 2 amide bonds. The number of fused-ring (bicyclic) bond motifs is 1. The molecule has 0 unspecified atom stereocenters. The van der Waals surface area contributed by atoms with Crippen molar-refractivity contribution in [2.24, 2.45) is 0 Å². The molecule has 1 saturated heterocycles. The highest BCUT2D eigenvalue weighted by atomic mass is 16.5. The molecule has 2 aromatic rings. The van der Waals surface area contributed by atoms with Crippen LogP contribution in [0.5, 0.6) is 11.5 Å².